The van der Waals surface area contributed by atoms with Gasteiger partial charge in [-0.3, -0.25) is 14.4 Å². The molecule has 0 saturated heterocycles. The predicted octanol–water partition coefficient (Wildman–Crippen LogP) is -0.787. The molecule has 3 amide bonds. The van der Waals surface area contributed by atoms with E-state index < -0.39 is 41.8 Å². The third-order valence-electron chi connectivity index (χ3n) is 4.00. The van der Waals surface area contributed by atoms with E-state index in [1.54, 1.807) is 18.7 Å². The smallest absolute Gasteiger partial charge is 0.326 e. The number of carbonyl (C=O) groups excluding carboxylic acids is 3. The second-order valence-electron chi connectivity index (χ2n) is 6.12. The van der Waals surface area contributed by atoms with Crippen LogP contribution < -0.4 is 21.7 Å². The van der Waals surface area contributed by atoms with Crippen molar-refractivity contribution in [1.82, 2.24) is 16.0 Å². The number of hydrogen-bond donors (Lipinski definition) is 6. The number of amides is 3. The van der Waals surface area contributed by atoms with E-state index in [4.69, 9.17) is 5.73 Å². The number of carboxylic acids is 1. The van der Waals surface area contributed by atoms with E-state index in [1.807, 2.05) is 13.2 Å². The van der Waals surface area contributed by atoms with Crippen molar-refractivity contribution in [3.63, 3.8) is 0 Å². The molecule has 0 aromatic carbocycles. The maximum Gasteiger partial charge on any atom is 0.326 e. The molecule has 0 radical (unpaired) electrons. The summed E-state index contributed by atoms with van der Waals surface area (Å²) in [6.45, 7) is 3.19. The van der Waals surface area contributed by atoms with E-state index in [0.29, 0.717) is 12.8 Å². The lowest BCUT2D eigenvalue weighted by molar-refractivity contribution is -0.143. The van der Waals surface area contributed by atoms with Crippen molar-refractivity contribution < 1.29 is 24.3 Å². The van der Waals surface area contributed by atoms with Gasteiger partial charge in [-0.05, 0) is 24.3 Å². The van der Waals surface area contributed by atoms with Crippen LogP contribution in [0, 0.1) is 5.92 Å². The lowest BCUT2D eigenvalue weighted by atomic mass is 9.99. The fourth-order valence-electron chi connectivity index (χ4n) is 2.05. The lowest BCUT2D eigenvalue weighted by Crippen LogP contribution is -2.55. The van der Waals surface area contributed by atoms with Gasteiger partial charge in [-0.15, -0.1) is 0 Å². The fraction of sp³-hybridized carbons (Fsp3) is 0.750. The summed E-state index contributed by atoms with van der Waals surface area (Å²) >= 11 is 5.59. The molecule has 0 bridgehead atoms. The molecule has 0 saturated carbocycles. The van der Waals surface area contributed by atoms with Gasteiger partial charge in [-0.2, -0.15) is 24.4 Å². The Morgan fingerprint density at radius 1 is 1.19 bits per heavy atom. The minimum Gasteiger partial charge on any atom is -0.480 e. The van der Waals surface area contributed by atoms with Gasteiger partial charge in [0, 0.05) is 5.75 Å². The number of nitrogens with one attached hydrogen (secondary N) is 3. The van der Waals surface area contributed by atoms with Crippen LogP contribution in [0.15, 0.2) is 0 Å². The summed E-state index contributed by atoms with van der Waals surface area (Å²) < 4.78 is 0. The van der Waals surface area contributed by atoms with Gasteiger partial charge >= 0.3 is 5.97 Å². The monoisotopic (exact) mass is 422 g/mol. The first kappa shape index (κ1) is 25.5. The molecule has 4 atom stereocenters. The van der Waals surface area contributed by atoms with Crippen LogP contribution in [0.2, 0.25) is 0 Å². The topological polar surface area (TPSA) is 151 Å². The average molecular weight is 423 g/mol. The van der Waals surface area contributed by atoms with Crippen LogP contribution in [0.3, 0.4) is 0 Å². The summed E-state index contributed by atoms with van der Waals surface area (Å²) in [5, 5.41) is 16.5. The highest BCUT2D eigenvalue weighted by atomic mass is 32.2. The van der Waals surface area contributed by atoms with Crippen LogP contribution in [-0.4, -0.2) is 71.2 Å². The quantitative estimate of drug-likeness (QED) is 0.213. The van der Waals surface area contributed by atoms with Crippen molar-refractivity contribution in [2.24, 2.45) is 11.7 Å². The summed E-state index contributed by atoms with van der Waals surface area (Å²) in [6.07, 6.45) is 2.96. The van der Waals surface area contributed by atoms with Gasteiger partial charge in [0.2, 0.25) is 17.7 Å². The zero-order valence-corrected chi connectivity index (χ0v) is 17.6. The average Bonchev–Trinajstić information content (AvgIpc) is 2.65. The van der Waals surface area contributed by atoms with Gasteiger partial charge in [0.1, 0.15) is 12.1 Å². The Hall–Kier alpha value is -1.46. The highest BCUT2D eigenvalue weighted by Crippen LogP contribution is 2.08. The zero-order valence-electron chi connectivity index (χ0n) is 15.9. The number of thiol groups is 1. The first-order valence-electron chi connectivity index (χ1n) is 8.63. The molecular weight excluding hydrogens is 392 g/mol. The van der Waals surface area contributed by atoms with E-state index in [0.717, 1.165) is 5.75 Å². The molecule has 27 heavy (non-hydrogen) atoms. The van der Waals surface area contributed by atoms with Gasteiger partial charge in [0.25, 0.3) is 0 Å². The third-order valence-corrected chi connectivity index (χ3v) is 5.01. The standard InChI is InChI=1S/C16H30N4O5S2/c1-4-9(2)13(16(24)25)20-15(23)11(8-26)19-12(21)7-18-14(22)10(17)5-6-27-3/h9-11,13,26H,4-8,17H2,1-3H3,(H,18,22)(H,19,21)(H,20,23)(H,24,25). The largest absolute Gasteiger partial charge is 0.480 e. The maximum atomic E-state index is 12.3. The second kappa shape index (κ2) is 13.7. The Morgan fingerprint density at radius 3 is 2.30 bits per heavy atom. The van der Waals surface area contributed by atoms with Gasteiger partial charge < -0.3 is 26.8 Å². The summed E-state index contributed by atoms with van der Waals surface area (Å²) in [4.78, 5) is 47.3. The predicted molar refractivity (Wildman–Crippen MR) is 109 cm³/mol. The van der Waals surface area contributed by atoms with E-state index in [1.165, 1.54) is 0 Å². The van der Waals surface area contributed by atoms with Crippen LogP contribution in [0.1, 0.15) is 26.7 Å². The Balaban J connectivity index is 4.60. The van der Waals surface area contributed by atoms with Crippen molar-refractivity contribution in [3.8, 4) is 0 Å². The summed E-state index contributed by atoms with van der Waals surface area (Å²) in [6, 6.07) is -2.79. The van der Waals surface area contributed by atoms with E-state index in [-0.39, 0.29) is 18.2 Å². The van der Waals surface area contributed by atoms with Gasteiger partial charge in [0.05, 0.1) is 12.6 Å². The molecule has 6 N–H and O–H groups in total. The van der Waals surface area contributed by atoms with Gasteiger partial charge in [-0.25, -0.2) is 4.79 Å². The minimum atomic E-state index is -1.14. The van der Waals surface area contributed by atoms with Crippen molar-refractivity contribution in [3.05, 3.63) is 0 Å². The van der Waals surface area contributed by atoms with Crippen molar-refractivity contribution >= 4 is 48.1 Å². The molecule has 4 unspecified atom stereocenters. The molecule has 11 heteroatoms. The molecule has 0 rings (SSSR count). The maximum absolute atomic E-state index is 12.3. The third kappa shape index (κ3) is 9.87. The molecule has 9 nitrogen and oxygen atoms in total. The van der Waals surface area contributed by atoms with Gasteiger partial charge in [-0.1, -0.05) is 20.3 Å². The highest BCUT2D eigenvalue weighted by molar-refractivity contribution is 7.98. The minimum absolute atomic E-state index is 0.0222. The molecule has 0 heterocycles. The van der Waals surface area contributed by atoms with Crippen LogP contribution in [-0.2, 0) is 19.2 Å². The Kier molecular flexibility index (Phi) is 12.9. The van der Waals surface area contributed by atoms with Crippen molar-refractivity contribution in [2.45, 2.75) is 44.8 Å². The highest BCUT2D eigenvalue weighted by Gasteiger charge is 2.29. The van der Waals surface area contributed by atoms with Crippen LogP contribution in [0.25, 0.3) is 0 Å². The summed E-state index contributed by atoms with van der Waals surface area (Å²) in [5.74, 6) is -2.40. The number of carboxylic acid groups (broad SMARTS) is 1. The van der Waals surface area contributed by atoms with Crippen LogP contribution >= 0.6 is 24.4 Å². The molecule has 0 aliphatic heterocycles. The van der Waals surface area contributed by atoms with Crippen molar-refractivity contribution in [1.29, 1.82) is 0 Å². The van der Waals surface area contributed by atoms with Crippen LogP contribution in [0.5, 0.6) is 0 Å². The normalized spacial score (nSPS) is 15.1. The lowest BCUT2D eigenvalue weighted by Gasteiger charge is -2.23. The summed E-state index contributed by atoms with van der Waals surface area (Å²) in [5.41, 5.74) is 5.70. The Morgan fingerprint density at radius 2 is 1.81 bits per heavy atom. The molecule has 0 fully saturated rings. The molecule has 0 aromatic rings. The van der Waals surface area contributed by atoms with Crippen LogP contribution in [0.4, 0.5) is 0 Å². The molecule has 0 spiro atoms. The van der Waals surface area contributed by atoms with Crippen molar-refractivity contribution in [2.75, 3.05) is 24.3 Å². The molecular formula is C16H30N4O5S2. The summed E-state index contributed by atoms with van der Waals surface area (Å²) in [7, 11) is 0. The first-order chi connectivity index (χ1) is 12.7. The molecule has 0 aliphatic carbocycles. The molecule has 0 aliphatic rings. The second-order valence-corrected chi connectivity index (χ2v) is 7.47. The van der Waals surface area contributed by atoms with E-state index in [9.17, 15) is 24.3 Å². The SMILES string of the molecule is CCC(C)C(NC(=O)C(CS)NC(=O)CNC(=O)C(N)CCSC)C(=O)O. The zero-order chi connectivity index (χ0) is 21.0. The van der Waals surface area contributed by atoms with E-state index >= 15 is 0 Å². The fourth-order valence-corrected chi connectivity index (χ4v) is 2.80. The molecule has 0 aromatic heterocycles. The number of thioether (sulfide) groups is 1. The Labute approximate surface area is 169 Å². The number of rotatable bonds is 13. The molecule has 156 valence electrons. The van der Waals surface area contributed by atoms with Gasteiger partial charge in [0.15, 0.2) is 0 Å². The Bertz CT molecular complexity index is 521. The first-order valence-corrected chi connectivity index (χ1v) is 10.7. The number of carbonyl (C=O) groups is 4. The number of hydrogen-bond acceptors (Lipinski definition) is 7. The van der Waals surface area contributed by atoms with E-state index in [2.05, 4.69) is 28.6 Å². The number of nitrogens with two attached hydrogens (primary N) is 1. The number of aliphatic carboxylic acids is 1.